The van der Waals surface area contributed by atoms with Gasteiger partial charge in [-0.25, -0.2) is 4.98 Å². The van der Waals surface area contributed by atoms with Gasteiger partial charge in [0.15, 0.2) is 0 Å². The molecule has 0 aromatic carbocycles. The molecule has 0 saturated carbocycles. The van der Waals surface area contributed by atoms with Crippen molar-refractivity contribution in [3.05, 3.63) is 28.4 Å². The van der Waals surface area contributed by atoms with Gasteiger partial charge in [-0.3, -0.25) is 9.59 Å². The first-order valence-electron chi connectivity index (χ1n) is 3.61. The first-order valence-corrected chi connectivity index (χ1v) is 3.61. The molecule has 4 N–H and O–H groups in total. The summed E-state index contributed by atoms with van der Waals surface area (Å²) >= 11 is 0. The summed E-state index contributed by atoms with van der Waals surface area (Å²) in [5.74, 6) is -1.14. The Balaban J connectivity index is 0.00000169. The Morgan fingerprint density at radius 2 is 2.36 bits per heavy atom. The van der Waals surface area contributed by atoms with Crippen LogP contribution in [0, 0.1) is 0 Å². The fourth-order valence-electron chi connectivity index (χ4n) is 0.844. The van der Waals surface area contributed by atoms with Crippen molar-refractivity contribution in [1.82, 2.24) is 9.97 Å². The third-order valence-electron chi connectivity index (χ3n) is 1.55. The Morgan fingerprint density at radius 3 is 2.86 bits per heavy atom. The highest BCUT2D eigenvalue weighted by Gasteiger charge is 2.13. The lowest BCUT2D eigenvalue weighted by Gasteiger charge is -2.03. The largest absolute Gasteiger partial charge is 0.480 e. The zero-order valence-electron chi connectivity index (χ0n) is 7.14. The minimum atomic E-state index is -1.14. The van der Waals surface area contributed by atoms with E-state index in [0.29, 0.717) is 0 Å². The number of rotatable bonds is 3. The van der Waals surface area contributed by atoms with Crippen molar-refractivity contribution in [3.8, 4) is 0 Å². The van der Waals surface area contributed by atoms with Gasteiger partial charge in [0, 0.05) is 18.2 Å². The van der Waals surface area contributed by atoms with Crippen molar-refractivity contribution in [2.45, 2.75) is 12.5 Å². The second-order valence-corrected chi connectivity index (χ2v) is 2.55. The third kappa shape index (κ3) is 3.15. The average molecular weight is 220 g/mol. The number of carboxylic acid groups (broad SMARTS) is 1. The van der Waals surface area contributed by atoms with Crippen LogP contribution in [-0.4, -0.2) is 27.1 Å². The molecule has 0 radical (unpaired) electrons. The van der Waals surface area contributed by atoms with E-state index in [9.17, 15) is 9.59 Å². The molecule has 0 aliphatic rings. The number of halogens is 1. The van der Waals surface area contributed by atoms with E-state index < -0.39 is 12.0 Å². The van der Waals surface area contributed by atoms with Crippen LogP contribution in [0.5, 0.6) is 0 Å². The minimum absolute atomic E-state index is 0. The summed E-state index contributed by atoms with van der Waals surface area (Å²) in [6.07, 6.45) is 2.53. The molecule has 1 heterocycles. The second-order valence-electron chi connectivity index (χ2n) is 2.55. The summed E-state index contributed by atoms with van der Waals surface area (Å²) in [6.45, 7) is 0. The number of nitrogens with zero attached hydrogens (tertiary/aromatic N) is 1. The molecule has 6 nitrogen and oxygen atoms in total. The highest BCUT2D eigenvalue weighted by atomic mass is 35.5. The molecule has 0 aliphatic carbocycles. The fourth-order valence-corrected chi connectivity index (χ4v) is 0.844. The first-order chi connectivity index (χ1) is 6.11. The number of hydrogen-bond donors (Lipinski definition) is 3. The van der Waals surface area contributed by atoms with Crippen molar-refractivity contribution < 1.29 is 9.90 Å². The predicted octanol–water partition coefficient (Wildman–Crippen LogP) is -0.854. The molecule has 78 valence electrons. The molecule has 1 rings (SSSR count). The van der Waals surface area contributed by atoms with Gasteiger partial charge in [-0.05, 0) is 0 Å². The maximum atomic E-state index is 11.0. The zero-order valence-corrected chi connectivity index (χ0v) is 7.95. The van der Waals surface area contributed by atoms with E-state index >= 15 is 0 Å². The van der Waals surface area contributed by atoms with Gasteiger partial charge in [-0.15, -0.1) is 12.4 Å². The molecule has 0 spiro atoms. The number of hydrogen-bond acceptors (Lipinski definition) is 4. The lowest BCUT2D eigenvalue weighted by Crippen LogP contribution is -2.34. The van der Waals surface area contributed by atoms with Crippen LogP contribution in [0.4, 0.5) is 0 Å². The standard InChI is InChI=1S/C7H9N3O3.ClH/c8-5(7(12)13)1-4-2-9-3-10-6(4)11;/h2-3,5H,1,8H2,(H,12,13)(H,9,10,11);1H. The Bertz CT molecular complexity index is 365. The minimum Gasteiger partial charge on any atom is -0.480 e. The summed E-state index contributed by atoms with van der Waals surface area (Å²) in [4.78, 5) is 27.4. The second kappa shape index (κ2) is 5.36. The van der Waals surface area contributed by atoms with Gasteiger partial charge in [-0.1, -0.05) is 0 Å². The summed E-state index contributed by atoms with van der Waals surface area (Å²) in [5, 5.41) is 8.48. The average Bonchev–Trinajstić information content (AvgIpc) is 2.08. The molecule has 0 amide bonds. The topological polar surface area (TPSA) is 109 Å². The van der Waals surface area contributed by atoms with Crippen LogP contribution in [0.3, 0.4) is 0 Å². The number of H-pyrrole nitrogens is 1. The number of nitrogens with two attached hydrogens (primary N) is 1. The number of carboxylic acids is 1. The normalized spacial score (nSPS) is 11.5. The van der Waals surface area contributed by atoms with Crippen LogP contribution in [0.15, 0.2) is 17.3 Å². The molecular weight excluding hydrogens is 210 g/mol. The number of nitrogens with one attached hydrogen (secondary N) is 1. The van der Waals surface area contributed by atoms with E-state index in [-0.39, 0.29) is 30.0 Å². The van der Waals surface area contributed by atoms with Crippen molar-refractivity contribution in [1.29, 1.82) is 0 Å². The Hall–Kier alpha value is -1.40. The van der Waals surface area contributed by atoms with Crippen LogP contribution in [0.2, 0.25) is 0 Å². The summed E-state index contributed by atoms with van der Waals surface area (Å²) < 4.78 is 0. The molecule has 1 aromatic heterocycles. The highest BCUT2D eigenvalue weighted by Crippen LogP contribution is 1.92. The van der Waals surface area contributed by atoms with Crippen LogP contribution in [0.1, 0.15) is 5.56 Å². The maximum Gasteiger partial charge on any atom is 0.320 e. The maximum absolute atomic E-state index is 11.0. The van der Waals surface area contributed by atoms with E-state index in [1.54, 1.807) is 0 Å². The Labute approximate surface area is 85.6 Å². The highest BCUT2D eigenvalue weighted by molar-refractivity contribution is 5.85. The molecule has 1 unspecified atom stereocenters. The molecule has 0 saturated heterocycles. The van der Waals surface area contributed by atoms with Crippen LogP contribution >= 0.6 is 12.4 Å². The smallest absolute Gasteiger partial charge is 0.320 e. The van der Waals surface area contributed by atoms with Crippen molar-refractivity contribution in [3.63, 3.8) is 0 Å². The lowest BCUT2D eigenvalue weighted by molar-refractivity contribution is -0.138. The van der Waals surface area contributed by atoms with Gasteiger partial charge in [0.25, 0.3) is 5.56 Å². The predicted molar refractivity (Wildman–Crippen MR) is 51.4 cm³/mol. The molecule has 1 aromatic rings. The van der Waals surface area contributed by atoms with Crippen LogP contribution in [0.25, 0.3) is 0 Å². The number of aliphatic carboxylic acids is 1. The van der Waals surface area contributed by atoms with E-state index in [2.05, 4.69) is 9.97 Å². The molecule has 0 bridgehead atoms. The number of aromatic amines is 1. The fraction of sp³-hybridized carbons (Fsp3) is 0.286. The van der Waals surface area contributed by atoms with Crippen molar-refractivity contribution >= 4 is 18.4 Å². The molecule has 7 heteroatoms. The molecule has 0 fully saturated rings. The van der Waals surface area contributed by atoms with Crippen molar-refractivity contribution in [2.75, 3.05) is 0 Å². The SMILES string of the molecule is Cl.NC(Cc1cnc[nH]c1=O)C(=O)O. The Kier molecular flexibility index (Phi) is 4.82. The first kappa shape index (κ1) is 12.6. The Morgan fingerprint density at radius 1 is 1.71 bits per heavy atom. The molecule has 14 heavy (non-hydrogen) atoms. The van der Waals surface area contributed by atoms with Gasteiger partial charge in [0.1, 0.15) is 6.04 Å². The van der Waals surface area contributed by atoms with Crippen LogP contribution < -0.4 is 11.3 Å². The van der Waals surface area contributed by atoms with Gasteiger partial charge >= 0.3 is 5.97 Å². The van der Waals surface area contributed by atoms with Crippen molar-refractivity contribution in [2.24, 2.45) is 5.73 Å². The number of aromatic nitrogens is 2. The van der Waals surface area contributed by atoms with Gasteiger partial charge in [-0.2, -0.15) is 0 Å². The van der Waals surface area contributed by atoms with E-state index in [1.165, 1.54) is 12.5 Å². The van der Waals surface area contributed by atoms with E-state index in [4.69, 9.17) is 10.8 Å². The lowest BCUT2D eigenvalue weighted by atomic mass is 10.1. The molecule has 1 atom stereocenters. The molecule has 0 aliphatic heterocycles. The molecular formula is C7H10ClN3O3. The van der Waals surface area contributed by atoms with Crippen LogP contribution in [-0.2, 0) is 11.2 Å². The van der Waals surface area contributed by atoms with Gasteiger partial charge in [0.2, 0.25) is 0 Å². The van der Waals surface area contributed by atoms with E-state index in [0.717, 1.165) is 0 Å². The number of carbonyl (C=O) groups is 1. The quantitative estimate of drug-likeness (QED) is 0.613. The zero-order chi connectivity index (χ0) is 9.84. The summed E-state index contributed by atoms with van der Waals surface area (Å²) in [6, 6.07) is -1.06. The van der Waals surface area contributed by atoms with Gasteiger partial charge < -0.3 is 15.8 Å². The summed E-state index contributed by atoms with van der Waals surface area (Å²) in [7, 11) is 0. The monoisotopic (exact) mass is 219 g/mol. The van der Waals surface area contributed by atoms with Gasteiger partial charge in [0.05, 0.1) is 6.33 Å². The van der Waals surface area contributed by atoms with E-state index in [1.807, 2.05) is 0 Å². The third-order valence-corrected chi connectivity index (χ3v) is 1.55. The summed E-state index contributed by atoms with van der Waals surface area (Å²) in [5.41, 5.74) is 5.16.